The van der Waals surface area contributed by atoms with Crippen molar-refractivity contribution in [3.63, 3.8) is 0 Å². The fourth-order valence-electron chi connectivity index (χ4n) is 3.99. The van der Waals surface area contributed by atoms with E-state index in [1.807, 2.05) is 0 Å². The number of likely N-dealkylation sites (N-methyl/N-ethyl adjacent to an activating group) is 1. The minimum absolute atomic E-state index is 0.233. The van der Waals surface area contributed by atoms with E-state index in [4.69, 9.17) is 0 Å². The van der Waals surface area contributed by atoms with Crippen LogP contribution in [-0.4, -0.2) is 55.5 Å². The molecule has 1 atom stereocenters. The van der Waals surface area contributed by atoms with E-state index in [9.17, 15) is 4.79 Å². The van der Waals surface area contributed by atoms with Gasteiger partial charge in [-0.05, 0) is 41.8 Å². The lowest BCUT2D eigenvalue weighted by Gasteiger charge is -2.38. The van der Waals surface area contributed by atoms with Gasteiger partial charge in [-0.15, -0.1) is 0 Å². The van der Waals surface area contributed by atoms with Gasteiger partial charge in [0.25, 0.3) is 0 Å². The van der Waals surface area contributed by atoms with Crippen molar-refractivity contribution < 1.29 is 4.79 Å². The molecule has 0 aromatic carbocycles. The molecule has 1 saturated carbocycles. The van der Waals surface area contributed by atoms with Gasteiger partial charge < -0.3 is 10.2 Å². The van der Waals surface area contributed by atoms with Gasteiger partial charge in [0.2, 0.25) is 5.91 Å². The Bertz CT molecular complexity index is 491. The Morgan fingerprint density at radius 2 is 2.04 bits per heavy atom. The highest BCUT2D eigenvalue weighted by atomic mass is 32.1. The van der Waals surface area contributed by atoms with Crippen LogP contribution in [0.5, 0.6) is 0 Å². The van der Waals surface area contributed by atoms with Gasteiger partial charge in [-0.25, -0.2) is 0 Å². The number of hydrogen-bond donors (Lipinski definition) is 1. The molecule has 1 aliphatic heterocycles. The van der Waals surface area contributed by atoms with Gasteiger partial charge >= 0.3 is 0 Å². The summed E-state index contributed by atoms with van der Waals surface area (Å²) in [5.41, 5.74) is 1.35. The molecule has 5 heteroatoms. The second-order valence-electron chi connectivity index (χ2n) is 7.40. The van der Waals surface area contributed by atoms with E-state index in [-0.39, 0.29) is 5.91 Å². The Balaban J connectivity index is 1.49. The molecule has 134 valence electrons. The zero-order valence-electron chi connectivity index (χ0n) is 14.9. The number of carbonyl (C=O) groups excluding carboxylic acids is 1. The second kappa shape index (κ2) is 8.97. The molecule has 1 aliphatic carbocycles. The summed E-state index contributed by atoms with van der Waals surface area (Å²) >= 11 is 1.74. The van der Waals surface area contributed by atoms with E-state index in [1.165, 1.54) is 31.2 Å². The predicted octanol–water partition coefficient (Wildman–Crippen LogP) is 3.12. The molecule has 1 saturated heterocycles. The molecule has 1 N–H and O–H groups in total. The quantitative estimate of drug-likeness (QED) is 0.821. The number of amides is 1. The minimum Gasteiger partial charge on any atom is -0.354 e. The van der Waals surface area contributed by atoms with Crippen LogP contribution in [0.25, 0.3) is 0 Å². The molecule has 2 heterocycles. The fourth-order valence-corrected chi connectivity index (χ4v) is 4.70. The molecule has 1 aromatic heterocycles. The van der Waals surface area contributed by atoms with Gasteiger partial charge in [-0.3, -0.25) is 9.69 Å². The first-order valence-corrected chi connectivity index (χ1v) is 10.4. The topological polar surface area (TPSA) is 35.6 Å². The van der Waals surface area contributed by atoms with Crippen LogP contribution in [0.3, 0.4) is 0 Å². The summed E-state index contributed by atoms with van der Waals surface area (Å²) < 4.78 is 0. The third-order valence-corrected chi connectivity index (χ3v) is 6.36. The highest BCUT2D eigenvalue weighted by Crippen LogP contribution is 2.28. The van der Waals surface area contributed by atoms with Crippen LogP contribution in [0, 0.1) is 5.92 Å². The number of hydrogen-bond acceptors (Lipinski definition) is 4. The van der Waals surface area contributed by atoms with Crippen molar-refractivity contribution in [2.45, 2.75) is 44.6 Å². The van der Waals surface area contributed by atoms with Crippen LogP contribution >= 0.6 is 11.3 Å². The molecule has 0 radical (unpaired) electrons. The fraction of sp³-hybridized carbons (Fsp3) is 0.737. The highest BCUT2D eigenvalue weighted by molar-refractivity contribution is 7.07. The van der Waals surface area contributed by atoms with E-state index >= 15 is 0 Å². The van der Waals surface area contributed by atoms with Crippen molar-refractivity contribution >= 4 is 17.2 Å². The lowest BCUT2D eigenvalue weighted by Crippen LogP contribution is -2.48. The molecule has 1 aromatic rings. The molecule has 1 amide bonds. The largest absolute Gasteiger partial charge is 0.354 e. The van der Waals surface area contributed by atoms with Crippen LogP contribution in [-0.2, 0) is 4.79 Å². The molecule has 2 fully saturated rings. The van der Waals surface area contributed by atoms with Gasteiger partial charge in [-0.1, -0.05) is 25.7 Å². The summed E-state index contributed by atoms with van der Waals surface area (Å²) in [6, 6.07) is 2.53. The summed E-state index contributed by atoms with van der Waals surface area (Å²) in [7, 11) is 2.18. The van der Waals surface area contributed by atoms with Gasteiger partial charge in [0.05, 0.1) is 6.04 Å². The predicted molar refractivity (Wildman–Crippen MR) is 100 cm³/mol. The first-order chi connectivity index (χ1) is 11.7. The third-order valence-electron chi connectivity index (χ3n) is 5.65. The van der Waals surface area contributed by atoms with Crippen molar-refractivity contribution in [1.82, 2.24) is 15.1 Å². The van der Waals surface area contributed by atoms with Crippen LogP contribution in [0.1, 0.15) is 50.1 Å². The first-order valence-electron chi connectivity index (χ1n) is 9.44. The summed E-state index contributed by atoms with van der Waals surface area (Å²) in [6.45, 7) is 5.11. The van der Waals surface area contributed by atoms with Crippen molar-refractivity contribution in [3.8, 4) is 0 Å². The zero-order chi connectivity index (χ0) is 16.8. The Labute approximate surface area is 150 Å². The number of carbonyl (C=O) groups is 1. The van der Waals surface area contributed by atoms with Gasteiger partial charge in [0.1, 0.15) is 0 Å². The second-order valence-corrected chi connectivity index (χ2v) is 8.18. The van der Waals surface area contributed by atoms with Crippen LogP contribution in [0.2, 0.25) is 0 Å². The van der Waals surface area contributed by atoms with Crippen molar-refractivity contribution in [2.24, 2.45) is 5.92 Å². The van der Waals surface area contributed by atoms with Gasteiger partial charge in [-0.2, -0.15) is 11.3 Å². The minimum atomic E-state index is 0.233. The molecule has 0 spiro atoms. The maximum Gasteiger partial charge on any atom is 0.220 e. The Kier molecular flexibility index (Phi) is 6.69. The molecule has 2 aliphatic rings. The first kappa shape index (κ1) is 17.9. The maximum atomic E-state index is 12.3. The van der Waals surface area contributed by atoms with Crippen LogP contribution in [0.15, 0.2) is 16.8 Å². The smallest absolute Gasteiger partial charge is 0.220 e. The molecule has 3 rings (SSSR count). The Morgan fingerprint density at radius 1 is 1.29 bits per heavy atom. The van der Waals surface area contributed by atoms with E-state index in [0.717, 1.165) is 45.1 Å². The van der Waals surface area contributed by atoms with Crippen LogP contribution in [0.4, 0.5) is 0 Å². The Hall–Kier alpha value is -0.910. The molecular weight excluding hydrogens is 318 g/mol. The van der Waals surface area contributed by atoms with Crippen molar-refractivity contribution in [3.05, 3.63) is 22.4 Å². The molecule has 0 bridgehead atoms. The molecular formula is C19H31N3OS. The van der Waals surface area contributed by atoms with Gasteiger partial charge in [0.15, 0.2) is 0 Å². The van der Waals surface area contributed by atoms with Crippen molar-refractivity contribution in [1.29, 1.82) is 0 Å². The standard InChI is InChI=1S/C19H31N3OS/c1-21-9-11-22(12-10-21)18(17-8-13-24-15-17)14-20-19(23)7-6-16-4-2-3-5-16/h8,13,15-16,18H,2-7,9-12,14H2,1H3,(H,20,23). The Morgan fingerprint density at radius 3 is 2.71 bits per heavy atom. The average Bonchev–Trinajstić information content (AvgIpc) is 3.28. The lowest BCUT2D eigenvalue weighted by atomic mass is 10.0. The zero-order valence-corrected chi connectivity index (χ0v) is 15.7. The monoisotopic (exact) mass is 349 g/mol. The van der Waals surface area contributed by atoms with E-state index in [0.29, 0.717) is 12.5 Å². The third kappa shape index (κ3) is 5.04. The lowest BCUT2D eigenvalue weighted by molar-refractivity contribution is -0.121. The average molecular weight is 350 g/mol. The SMILES string of the molecule is CN1CCN(C(CNC(=O)CCC2CCCC2)c2ccsc2)CC1. The summed E-state index contributed by atoms with van der Waals surface area (Å²) in [6.07, 6.45) is 7.14. The normalized spacial score (nSPS) is 21.9. The maximum absolute atomic E-state index is 12.3. The van der Waals surface area contributed by atoms with Crippen molar-refractivity contribution in [2.75, 3.05) is 39.8 Å². The van der Waals surface area contributed by atoms with E-state index < -0.39 is 0 Å². The van der Waals surface area contributed by atoms with Crippen LogP contribution < -0.4 is 5.32 Å². The molecule has 1 unspecified atom stereocenters. The van der Waals surface area contributed by atoms with E-state index in [1.54, 1.807) is 11.3 Å². The number of nitrogens with one attached hydrogen (secondary N) is 1. The summed E-state index contributed by atoms with van der Waals surface area (Å²) in [5, 5.41) is 7.58. The number of thiophene rings is 1. The summed E-state index contributed by atoms with van der Waals surface area (Å²) in [5.74, 6) is 1.03. The number of piperazine rings is 1. The number of nitrogens with zero attached hydrogens (tertiary/aromatic N) is 2. The highest BCUT2D eigenvalue weighted by Gasteiger charge is 2.25. The number of rotatable bonds is 7. The summed E-state index contributed by atoms with van der Waals surface area (Å²) in [4.78, 5) is 17.2. The molecule has 24 heavy (non-hydrogen) atoms. The van der Waals surface area contributed by atoms with E-state index in [2.05, 4.69) is 39.0 Å². The van der Waals surface area contributed by atoms with Gasteiger partial charge in [0, 0.05) is 39.1 Å². The molecule has 4 nitrogen and oxygen atoms in total.